The molecule has 4 aromatic heterocycles. The average molecular weight is 775 g/mol. The molecule has 0 saturated heterocycles. The molecule has 13 rings (SSSR count). The molecule has 270 valence electrons. The van der Waals surface area contributed by atoms with E-state index in [-0.39, 0.29) is 0 Å². The van der Waals surface area contributed by atoms with Crippen molar-refractivity contribution < 1.29 is 8.83 Å². The van der Waals surface area contributed by atoms with Gasteiger partial charge in [0.25, 0.3) is 0 Å². The zero-order valence-electron chi connectivity index (χ0n) is 31.0. The van der Waals surface area contributed by atoms with Crippen LogP contribution in [0.25, 0.3) is 129 Å². The molecular formula is C54H30O2S2. The number of thiophene rings is 2. The van der Waals surface area contributed by atoms with Gasteiger partial charge in [0.1, 0.15) is 22.3 Å². The quantitative estimate of drug-likeness (QED) is 0.178. The molecular weight excluding hydrogens is 745 g/mol. The SMILES string of the molecule is c1ccc(-c2ccc3oc4ccc(-c5ccc6sc7ccc8sc9ccc(-c%10ccc%11oc%12ccc(-c%13ccccc%13)cc%12c%11c%10)cc9c8c7c6c5)cc4c3c2)cc1. The van der Waals surface area contributed by atoms with Crippen molar-refractivity contribution in [3.8, 4) is 44.5 Å². The zero-order valence-corrected chi connectivity index (χ0v) is 32.6. The van der Waals surface area contributed by atoms with Crippen molar-refractivity contribution in [1.82, 2.24) is 0 Å². The Morgan fingerprint density at radius 2 is 0.534 bits per heavy atom. The van der Waals surface area contributed by atoms with E-state index in [1.807, 2.05) is 22.7 Å². The highest BCUT2D eigenvalue weighted by atomic mass is 32.1. The van der Waals surface area contributed by atoms with Gasteiger partial charge in [0.15, 0.2) is 0 Å². The van der Waals surface area contributed by atoms with Gasteiger partial charge in [0.05, 0.1) is 0 Å². The standard InChI is InChI=1S/C54H30O2S2/c1-3-7-31(8-4-1)33-11-17-45-39(25-33)41-27-35(13-19-47(41)55-45)37-15-21-49-43(29-37)53-51(57-49)23-24-52-54(53)44-30-38(16-22-50(44)58-52)36-14-20-48-42(28-36)40-26-34(12-18-46(40)56-48)32-9-5-2-6-10-32/h1-30H. The second-order valence-corrected chi connectivity index (χ2v) is 17.4. The van der Waals surface area contributed by atoms with Crippen molar-refractivity contribution >= 4 is 107 Å². The summed E-state index contributed by atoms with van der Waals surface area (Å²) in [4.78, 5) is 0. The van der Waals surface area contributed by atoms with Gasteiger partial charge in [-0.1, -0.05) is 97.1 Å². The maximum atomic E-state index is 6.33. The van der Waals surface area contributed by atoms with E-state index in [2.05, 4.69) is 182 Å². The summed E-state index contributed by atoms with van der Waals surface area (Å²) in [5.41, 5.74) is 13.2. The summed E-state index contributed by atoms with van der Waals surface area (Å²) in [6.45, 7) is 0. The van der Waals surface area contributed by atoms with Crippen LogP contribution in [0.3, 0.4) is 0 Å². The van der Waals surface area contributed by atoms with Crippen LogP contribution in [0.2, 0.25) is 0 Å². The van der Waals surface area contributed by atoms with Crippen LogP contribution in [0.15, 0.2) is 191 Å². The Kier molecular flexibility index (Phi) is 6.79. The molecule has 58 heavy (non-hydrogen) atoms. The molecule has 0 N–H and O–H groups in total. The van der Waals surface area contributed by atoms with Crippen LogP contribution in [-0.2, 0) is 0 Å². The van der Waals surface area contributed by atoms with Crippen molar-refractivity contribution in [3.05, 3.63) is 182 Å². The molecule has 0 unspecified atom stereocenters. The second-order valence-electron chi connectivity index (χ2n) is 15.2. The third-order valence-corrected chi connectivity index (χ3v) is 14.2. The second kappa shape index (κ2) is 12.3. The lowest BCUT2D eigenvalue weighted by molar-refractivity contribution is 0.668. The molecule has 0 fully saturated rings. The van der Waals surface area contributed by atoms with E-state index in [1.54, 1.807) is 0 Å². The van der Waals surface area contributed by atoms with Crippen LogP contribution >= 0.6 is 22.7 Å². The fourth-order valence-corrected chi connectivity index (χ4v) is 11.2. The van der Waals surface area contributed by atoms with Gasteiger partial charge >= 0.3 is 0 Å². The van der Waals surface area contributed by atoms with Crippen LogP contribution in [0, 0.1) is 0 Å². The van der Waals surface area contributed by atoms with E-state index in [0.717, 1.165) is 43.9 Å². The minimum absolute atomic E-state index is 0.908. The first-order chi connectivity index (χ1) is 28.7. The molecule has 0 aliphatic carbocycles. The summed E-state index contributed by atoms with van der Waals surface area (Å²) in [7, 11) is 0. The maximum absolute atomic E-state index is 6.33. The topological polar surface area (TPSA) is 26.3 Å². The average Bonchev–Trinajstić information content (AvgIpc) is 4.05. The Balaban J connectivity index is 0.951. The highest BCUT2D eigenvalue weighted by molar-refractivity contribution is 7.28. The van der Waals surface area contributed by atoms with Crippen molar-refractivity contribution in [2.75, 3.05) is 0 Å². The molecule has 0 spiro atoms. The Morgan fingerprint density at radius 3 is 0.897 bits per heavy atom. The Labute approximate surface area is 340 Å². The van der Waals surface area contributed by atoms with Crippen molar-refractivity contribution in [2.45, 2.75) is 0 Å². The summed E-state index contributed by atoms with van der Waals surface area (Å²) in [6, 6.07) is 66.0. The van der Waals surface area contributed by atoms with Crippen LogP contribution in [0.1, 0.15) is 0 Å². The van der Waals surface area contributed by atoms with E-state index in [0.29, 0.717) is 0 Å². The fourth-order valence-electron chi connectivity index (χ4n) is 9.03. The van der Waals surface area contributed by atoms with Gasteiger partial charge in [-0.2, -0.15) is 0 Å². The van der Waals surface area contributed by atoms with Crippen LogP contribution in [0.5, 0.6) is 0 Å². The van der Waals surface area contributed by atoms with Gasteiger partial charge in [0.2, 0.25) is 0 Å². The zero-order chi connectivity index (χ0) is 37.9. The van der Waals surface area contributed by atoms with E-state index >= 15 is 0 Å². The van der Waals surface area contributed by atoms with E-state index in [9.17, 15) is 0 Å². The first-order valence-corrected chi connectivity index (χ1v) is 21.2. The van der Waals surface area contributed by atoms with Crippen molar-refractivity contribution in [1.29, 1.82) is 0 Å². The number of furan rings is 2. The molecule has 0 aliphatic rings. The summed E-state index contributed by atoms with van der Waals surface area (Å²) in [6.07, 6.45) is 0. The number of hydrogen-bond donors (Lipinski definition) is 0. The van der Waals surface area contributed by atoms with Crippen molar-refractivity contribution in [2.24, 2.45) is 0 Å². The lowest BCUT2D eigenvalue weighted by Crippen LogP contribution is -1.80. The smallest absolute Gasteiger partial charge is 0.135 e. The largest absolute Gasteiger partial charge is 0.456 e. The molecule has 0 bridgehead atoms. The molecule has 9 aromatic carbocycles. The third kappa shape index (κ3) is 4.89. The Bertz CT molecular complexity index is 3540. The highest BCUT2D eigenvalue weighted by Crippen LogP contribution is 2.47. The minimum atomic E-state index is 0.908. The predicted octanol–water partition coefficient (Wildman–Crippen LogP) is 16.9. The molecule has 0 amide bonds. The minimum Gasteiger partial charge on any atom is -0.456 e. The van der Waals surface area contributed by atoms with Crippen molar-refractivity contribution in [3.63, 3.8) is 0 Å². The summed E-state index contributed by atoms with van der Waals surface area (Å²) in [5, 5.41) is 9.84. The number of fused-ring (bicyclic) bond motifs is 13. The molecule has 4 heterocycles. The molecule has 0 aliphatic heterocycles. The van der Waals surface area contributed by atoms with E-state index < -0.39 is 0 Å². The Morgan fingerprint density at radius 1 is 0.241 bits per heavy atom. The Hall–Kier alpha value is -6.98. The first kappa shape index (κ1) is 32.1. The first-order valence-electron chi connectivity index (χ1n) is 19.5. The van der Waals surface area contributed by atoms with Gasteiger partial charge in [0, 0.05) is 61.9 Å². The lowest BCUT2D eigenvalue weighted by Gasteiger charge is -2.05. The van der Waals surface area contributed by atoms with Crippen LogP contribution in [0.4, 0.5) is 0 Å². The molecule has 13 aromatic rings. The van der Waals surface area contributed by atoms with E-state index in [4.69, 9.17) is 8.83 Å². The summed E-state index contributed by atoms with van der Waals surface area (Å²) < 4.78 is 17.9. The van der Waals surface area contributed by atoms with Crippen LogP contribution < -0.4 is 0 Å². The maximum Gasteiger partial charge on any atom is 0.135 e. The summed E-state index contributed by atoms with van der Waals surface area (Å²) >= 11 is 3.76. The molecule has 4 heteroatoms. The normalized spacial score (nSPS) is 12.1. The monoisotopic (exact) mass is 774 g/mol. The van der Waals surface area contributed by atoms with E-state index in [1.165, 1.54) is 84.9 Å². The molecule has 2 nitrogen and oxygen atoms in total. The summed E-state index contributed by atoms with van der Waals surface area (Å²) in [5.74, 6) is 0. The predicted molar refractivity (Wildman–Crippen MR) is 249 cm³/mol. The molecule has 0 radical (unpaired) electrons. The highest BCUT2D eigenvalue weighted by Gasteiger charge is 2.17. The fraction of sp³-hybridized carbons (Fsp3) is 0. The number of hydrogen-bond acceptors (Lipinski definition) is 4. The van der Waals surface area contributed by atoms with Gasteiger partial charge in [-0.3, -0.25) is 0 Å². The van der Waals surface area contributed by atoms with Gasteiger partial charge in [-0.15, -0.1) is 22.7 Å². The third-order valence-electron chi connectivity index (χ3n) is 11.9. The number of benzene rings is 9. The van der Waals surface area contributed by atoms with Gasteiger partial charge < -0.3 is 8.83 Å². The van der Waals surface area contributed by atoms with Crippen LogP contribution in [-0.4, -0.2) is 0 Å². The number of rotatable bonds is 4. The van der Waals surface area contributed by atoms with Gasteiger partial charge in [-0.25, -0.2) is 0 Å². The molecule has 0 saturated carbocycles. The lowest BCUT2D eigenvalue weighted by atomic mass is 9.97. The molecule has 0 atom stereocenters. The van der Waals surface area contributed by atoms with Gasteiger partial charge in [-0.05, 0) is 129 Å².